The van der Waals surface area contributed by atoms with E-state index in [-0.39, 0.29) is 15.8 Å². The zero-order chi connectivity index (χ0) is 13.3. The van der Waals surface area contributed by atoms with E-state index in [2.05, 4.69) is 25.6 Å². The second-order valence-corrected chi connectivity index (χ2v) is 7.78. The van der Waals surface area contributed by atoms with Crippen LogP contribution in [0.4, 0.5) is 5.82 Å². The molecule has 5 nitrogen and oxygen atoms in total. The molecule has 0 bridgehead atoms. The summed E-state index contributed by atoms with van der Waals surface area (Å²) < 4.78 is 27.3. The lowest BCUT2D eigenvalue weighted by atomic mass is 10.4. The summed E-state index contributed by atoms with van der Waals surface area (Å²) in [4.78, 5) is 3.77. The Kier molecular flexibility index (Phi) is 3.60. The van der Waals surface area contributed by atoms with Crippen LogP contribution < -0.4 is 4.72 Å². The lowest BCUT2D eigenvalue weighted by molar-refractivity contribution is 0.475. The Morgan fingerprint density at radius 3 is 2.78 bits per heavy atom. The Hall–Kier alpha value is -1.12. The van der Waals surface area contributed by atoms with Gasteiger partial charge >= 0.3 is 0 Å². The minimum Gasteiger partial charge on any atom is -0.504 e. The number of hydrogen-bond donors (Lipinski definition) is 2. The van der Waals surface area contributed by atoms with Gasteiger partial charge in [0.1, 0.15) is 4.21 Å². The molecule has 2 heterocycles. The van der Waals surface area contributed by atoms with E-state index in [1.165, 1.54) is 18.3 Å². The molecule has 0 saturated carbocycles. The maximum absolute atomic E-state index is 12.0. The van der Waals surface area contributed by atoms with Crippen LogP contribution in [0.2, 0.25) is 0 Å². The van der Waals surface area contributed by atoms with Crippen molar-refractivity contribution in [3.05, 3.63) is 33.7 Å². The highest BCUT2D eigenvalue weighted by molar-refractivity contribution is 9.11. The number of nitrogens with zero attached hydrogens (tertiary/aromatic N) is 1. The molecule has 0 spiro atoms. The van der Waals surface area contributed by atoms with Crippen LogP contribution in [0.25, 0.3) is 0 Å². The first-order chi connectivity index (χ1) is 8.40. The van der Waals surface area contributed by atoms with Gasteiger partial charge in [-0.1, -0.05) is 0 Å². The van der Waals surface area contributed by atoms with Gasteiger partial charge in [-0.25, -0.2) is 13.4 Å². The molecule has 0 aliphatic heterocycles. The summed E-state index contributed by atoms with van der Waals surface area (Å²) in [5, 5.41) is 9.49. The zero-order valence-corrected chi connectivity index (χ0v) is 12.4. The third-order valence-corrected chi connectivity index (χ3v) is 6.07. The van der Waals surface area contributed by atoms with E-state index < -0.39 is 10.0 Å². The fraction of sp³-hybridized carbons (Fsp3) is 0.100. The Morgan fingerprint density at radius 2 is 2.22 bits per heavy atom. The molecule has 0 fully saturated rings. The van der Waals surface area contributed by atoms with E-state index in [4.69, 9.17) is 0 Å². The van der Waals surface area contributed by atoms with Crippen molar-refractivity contribution in [2.24, 2.45) is 0 Å². The average molecular weight is 349 g/mol. The third-order valence-electron chi connectivity index (χ3n) is 2.12. The van der Waals surface area contributed by atoms with Crippen molar-refractivity contribution in [3.63, 3.8) is 0 Å². The van der Waals surface area contributed by atoms with Crippen molar-refractivity contribution in [2.75, 3.05) is 4.72 Å². The normalized spacial score (nSPS) is 11.4. The Balaban J connectivity index is 2.36. The van der Waals surface area contributed by atoms with E-state index in [1.807, 2.05) is 0 Å². The molecule has 2 rings (SSSR count). The van der Waals surface area contributed by atoms with Crippen LogP contribution in [0.5, 0.6) is 5.75 Å². The summed E-state index contributed by atoms with van der Waals surface area (Å²) in [7, 11) is -3.72. The monoisotopic (exact) mass is 348 g/mol. The quantitative estimate of drug-likeness (QED) is 0.893. The lowest BCUT2D eigenvalue weighted by Gasteiger charge is -2.06. The smallest absolute Gasteiger partial charge is 0.272 e. The molecule has 0 unspecified atom stereocenters. The van der Waals surface area contributed by atoms with Crippen molar-refractivity contribution < 1.29 is 13.5 Å². The van der Waals surface area contributed by atoms with Crippen LogP contribution in [0.3, 0.4) is 0 Å². The second kappa shape index (κ2) is 4.87. The molecule has 0 atom stereocenters. The first kappa shape index (κ1) is 13.3. The topological polar surface area (TPSA) is 79.3 Å². The summed E-state index contributed by atoms with van der Waals surface area (Å²) in [6.07, 6.45) is 1.40. The molecule has 96 valence electrons. The number of aromatic nitrogens is 1. The Labute approximate surface area is 117 Å². The molecule has 0 radical (unpaired) electrons. The van der Waals surface area contributed by atoms with Gasteiger partial charge in [-0.15, -0.1) is 11.3 Å². The number of aryl methyl sites for hydroxylation is 1. The summed E-state index contributed by atoms with van der Waals surface area (Å²) in [6.45, 7) is 1.80. The predicted molar refractivity (Wildman–Crippen MR) is 73.5 cm³/mol. The third kappa shape index (κ3) is 2.65. The van der Waals surface area contributed by atoms with E-state index in [9.17, 15) is 13.5 Å². The first-order valence-electron chi connectivity index (χ1n) is 4.83. The van der Waals surface area contributed by atoms with Crippen molar-refractivity contribution in [1.82, 2.24) is 4.98 Å². The van der Waals surface area contributed by atoms with E-state index >= 15 is 0 Å². The van der Waals surface area contributed by atoms with Crippen LogP contribution in [0.15, 0.2) is 32.4 Å². The molecule has 2 aromatic heterocycles. The molecule has 0 aliphatic rings. The van der Waals surface area contributed by atoms with Crippen molar-refractivity contribution in [3.8, 4) is 5.75 Å². The maximum atomic E-state index is 12.0. The fourth-order valence-electron chi connectivity index (χ4n) is 1.22. The number of nitrogens with one attached hydrogen (secondary N) is 1. The van der Waals surface area contributed by atoms with E-state index in [1.54, 1.807) is 13.0 Å². The van der Waals surface area contributed by atoms with Gasteiger partial charge in [0.2, 0.25) is 0 Å². The standard InChI is InChI=1S/C10H9BrN2O3S2/c1-6-5-8(17-9(6)11)18(15,16)13-10-7(14)3-2-4-12-10/h2-5,14H,1H3,(H,12,13). The SMILES string of the molecule is Cc1cc(S(=O)(=O)Nc2ncccc2O)sc1Br. The van der Waals surface area contributed by atoms with Crippen molar-refractivity contribution in [2.45, 2.75) is 11.1 Å². The average Bonchev–Trinajstić information content (AvgIpc) is 2.63. The number of hydrogen-bond acceptors (Lipinski definition) is 5. The minimum atomic E-state index is -3.72. The molecular formula is C10H9BrN2O3S2. The number of anilines is 1. The van der Waals surface area contributed by atoms with Crippen LogP contribution in [0, 0.1) is 6.92 Å². The second-order valence-electron chi connectivity index (χ2n) is 3.50. The van der Waals surface area contributed by atoms with Crippen molar-refractivity contribution in [1.29, 1.82) is 0 Å². The number of pyridine rings is 1. The number of rotatable bonds is 3. The first-order valence-corrected chi connectivity index (χ1v) is 7.92. The molecular weight excluding hydrogens is 340 g/mol. The van der Waals surface area contributed by atoms with Crippen LogP contribution in [0.1, 0.15) is 5.56 Å². The van der Waals surface area contributed by atoms with E-state index in [0.29, 0.717) is 0 Å². The molecule has 18 heavy (non-hydrogen) atoms. The van der Waals surface area contributed by atoms with E-state index in [0.717, 1.165) is 20.7 Å². The Bertz CT molecular complexity index is 663. The van der Waals surface area contributed by atoms with Crippen LogP contribution >= 0.6 is 27.3 Å². The van der Waals surface area contributed by atoms with Gasteiger partial charge in [0.25, 0.3) is 10.0 Å². The summed E-state index contributed by atoms with van der Waals surface area (Å²) in [5.74, 6) is -0.298. The van der Waals surface area contributed by atoms with Gasteiger partial charge in [0.05, 0.1) is 3.79 Å². The highest BCUT2D eigenvalue weighted by atomic mass is 79.9. The highest BCUT2D eigenvalue weighted by Crippen LogP contribution is 2.32. The van der Waals surface area contributed by atoms with Gasteiger partial charge in [-0.2, -0.15) is 0 Å². The molecule has 8 heteroatoms. The van der Waals surface area contributed by atoms with Gasteiger partial charge in [0.15, 0.2) is 11.6 Å². The highest BCUT2D eigenvalue weighted by Gasteiger charge is 2.20. The largest absolute Gasteiger partial charge is 0.504 e. The zero-order valence-electron chi connectivity index (χ0n) is 9.21. The molecule has 0 aromatic carbocycles. The van der Waals surface area contributed by atoms with Gasteiger partial charge in [-0.05, 0) is 46.6 Å². The van der Waals surface area contributed by atoms with Gasteiger partial charge < -0.3 is 5.11 Å². The maximum Gasteiger partial charge on any atom is 0.272 e. The molecule has 2 N–H and O–H groups in total. The number of aromatic hydroxyl groups is 1. The molecule has 0 aliphatic carbocycles. The molecule has 2 aromatic rings. The summed E-state index contributed by atoms with van der Waals surface area (Å²) in [5.41, 5.74) is 0.839. The number of sulfonamides is 1. The van der Waals surface area contributed by atoms with Gasteiger partial charge in [0, 0.05) is 6.20 Å². The Morgan fingerprint density at radius 1 is 1.50 bits per heavy atom. The molecule has 0 amide bonds. The van der Waals surface area contributed by atoms with Gasteiger partial charge in [-0.3, -0.25) is 4.72 Å². The number of thiophene rings is 1. The van der Waals surface area contributed by atoms with Crippen molar-refractivity contribution >= 4 is 43.1 Å². The van der Waals surface area contributed by atoms with Crippen LogP contribution in [-0.4, -0.2) is 18.5 Å². The summed E-state index contributed by atoms with van der Waals surface area (Å²) >= 11 is 4.37. The lowest BCUT2D eigenvalue weighted by Crippen LogP contribution is -2.12. The number of halogens is 1. The predicted octanol–water partition coefficient (Wildman–Crippen LogP) is 2.72. The summed E-state index contributed by atoms with van der Waals surface area (Å²) in [6, 6.07) is 4.43. The minimum absolute atomic E-state index is 0.0836. The van der Waals surface area contributed by atoms with Crippen LogP contribution in [-0.2, 0) is 10.0 Å². The molecule has 0 saturated heterocycles. The fourth-order valence-corrected chi connectivity index (χ4v) is 4.47.